The van der Waals surface area contributed by atoms with E-state index in [4.69, 9.17) is 0 Å². The molecule has 1 atom stereocenters. The molecule has 0 bridgehead atoms. The van der Waals surface area contributed by atoms with Gasteiger partial charge in [0.1, 0.15) is 0 Å². The van der Waals surface area contributed by atoms with Gasteiger partial charge < -0.3 is 0 Å². The topological polar surface area (TPSA) is 20.2 Å². The van der Waals surface area contributed by atoms with Crippen LogP contribution >= 0.6 is 7.26 Å². The molecule has 1 rings (SSSR count). The summed E-state index contributed by atoms with van der Waals surface area (Å²) in [5, 5.41) is 10.1. The molecule has 140 valence electrons. The number of benzene rings is 1. The van der Waals surface area contributed by atoms with Crippen molar-refractivity contribution >= 4 is 7.26 Å². The van der Waals surface area contributed by atoms with E-state index in [0.717, 1.165) is 5.56 Å². The fraction of sp³-hybridized carbons (Fsp3) is 0.727. The van der Waals surface area contributed by atoms with Crippen molar-refractivity contribution in [2.75, 3.05) is 24.6 Å². The molecular weight excluding hydrogens is 311 g/mol. The maximum absolute atomic E-state index is 10.1. The molecule has 0 aliphatic carbocycles. The standard InChI is InChI=1S/C22H41OP/c1-5-8-16-24(17-9-6-2,18-10-7-3)19-15-20(4)21-13-11-12-14-22(21)23/h11-14,20,23-24H,5-10,15-19H2,1-4H3. The Morgan fingerprint density at radius 2 is 1.33 bits per heavy atom. The van der Waals surface area contributed by atoms with E-state index in [-0.39, 0.29) is 0 Å². The first kappa shape index (κ1) is 21.5. The summed E-state index contributed by atoms with van der Waals surface area (Å²) in [6, 6.07) is 7.92. The first-order valence-electron chi connectivity index (χ1n) is 10.4. The molecular formula is C22H41OP. The summed E-state index contributed by atoms with van der Waals surface area (Å²) in [7, 11) is -1.15. The van der Waals surface area contributed by atoms with Crippen LogP contribution in [0.15, 0.2) is 24.3 Å². The van der Waals surface area contributed by atoms with Crippen LogP contribution in [0.4, 0.5) is 0 Å². The predicted molar refractivity (Wildman–Crippen MR) is 114 cm³/mol. The molecule has 24 heavy (non-hydrogen) atoms. The van der Waals surface area contributed by atoms with Crippen LogP contribution in [0.25, 0.3) is 0 Å². The second kappa shape index (κ2) is 11.9. The van der Waals surface area contributed by atoms with E-state index in [1.165, 1.54) is 69.6 Å². The van der Waals surface area contributed by atoms with Crippen LogP contribution in [-0.2, 0) is 0 Å². The Morgan fingerprint density at radius 1 is 0.833 bits per heavy atom. The van der Waals surface area contributed by atoms with Gasteiger partial charge in [-0.25, -0.2) is 0 Å². The van der Waals surface area contributed by atoms with Gasteiger partial charge in [-0.05, 0) is 0 Å². The number of hydrogen-bond acceptors (Lipinski definition) is 1. The number of rotatable bonds is 13. The van der Waals surface area contributed by atoms with Gasteiger partial charge in [0.05, 0.1) is 0 Å². The molecule has 1 unspecified atom stereocenters. The Bertz CT molecular complexity index is 422. The Kier molecular flexibility index (Phi) is 10.7. The van der Waals surface area contributed by atoms with Crippen LogP contribution in [0, 0.1) is 0 Å². The number of phenolic OH excluding ortho intramolecular Hbond substituents is 1. The van der Waals surface area contributed by atoms with E-state index < -0.39 is 7.26 Å². The van der Waals surface area contributed by atoms with Crippen molar-refractivity contribution in [2.24, 2.45) is 0 Å². The van der Waals surface area contributed by atoms with E-state index >= 15 is 0 Å². The fourth-order valence-corrected chi connectivity index (χ4v) is 9.84. The van der Waals surface area contributed by atoms with Crippen LogP contribution in [0.2, 0.25) is 0 Å². The summed E-state index contributed by atoms with van der Waals surface area (Å²) in [4.78, 5) is 0. The molecule has 0 saturated carbocycles. The molecule has 1 nitrogen and oxygen atoms in total. The van der Waals surface area contributed by atoms with Gasteiger partial charge >= 0.3 is 151 Å². The maximum atomic E-state index is 10.1. The summed E-state index contributed by atoms with van der Waals surface area (Å²) >= 11 is 0. The second-order valence-electron chi connectivity index (χ2n) is 7.81. The summed E-state index contributed by atoms with van der Waals surface area (Å²) in [6.07, 6.45) is 15.5. The molecule has 0 fully saturated rings. The summed E-state index contributed by atoms with van der Waals surface area (Å²) < 4.78 is 0. The average Bonchev–Trinajstić information content (AvgIpc) is 2.60. The number of para-hydroxylation sites is 1. The molecule has 1 aromatic rings. The predicted octanol–water partition coefficient (Wildman–Crippen LogP) is 7.04. The monoisotopic (exact) mass is 352 g/mol. The molecule has 0 aromatic heterocycles. The Labute approximate surface area is 151 Å². The third kappa shape index (κ3) is 7.14. The average molecular weight is 353 g/mol. The Hall–Kier alpha value is -0.550. The van der Waals surface area contributed by atoms with Crippen molar-refractivity contribution in [3.8, 4) is 5.75 Å². The molecule has 1 aromatic carbocycles. The first-order valence-corrected chi connectivity index (χ1v) is 13.2. The van der Waals surface area contributed by atoms with E-state index in [1.54, 1.807) is 0 Å². The van der Waals surface area contributed by atoms with Gasteiger partial charge in [0.2, 0.25) is 0 Å². The first-order chi connectivity index (χ1) is 11.6. The normalized spacial score (nSPS) is 13.8. The molecule has 2 heteroatoms. The van der Waals surface area contributed by atoms with Crippen molar-refractivity contribution in [3.05, 3.63) is 29.8 Å². The van der Waals surface area contributed by atoms with Gasteiger partial charge in [-0.15, -0.1) is 0 Å². The third-order valence-electron chi connectivity index (χ3n) is 5.76. The number of aromatic hydroxyl groups is 1. The zero-order chi connectivity index (χ0) is 17.8. The van der Waals surface area contributed by atoms with E-state index in [2.05, 4.69) is 39.8 Å². The third-order valence-corrected chi connectivity index (χ3v) is 11.3. The number of phenols is 1. The Balaban J connectivity index is 2.78. The second-order valence-corrected chi connectivity index (χ2v) is 12.8. The van der Waals surface area contributed by atoms with Crippen LogP contribution < -0.4 is 0 Å². The van der Waals surface area contributed by atoms with Gasteiger partial charge in [-0.3, -0.25) is 0 Å². The summed E-state index contributed by atoms with van der Waals surface area (Å²) in [5.74, 6) is 0.955. The van der Waals surface area contributed by atoms with Crippen LogP contribution in [0.3, 0.4) is 0 Å². The van der Waals surface area contributed by atoms with Crippen LogP contribution in [-0.4, -0.2) is 29.8 Å². The zero-order valence-electron chi connectivity index (χ0n) is 16.6. The van der Waals surface area contributed by atoms with Crippen LogP contribution in [0.1, 0.15) is 84.1 Å². The van der Waals surface area contributed by atoms with Gasteiger partial charge in [0, 0.05) is 0 Å². The summed E-state index contributed by atoms with van der Waals surface area (Å²) in [5.41, 5.74) is 1.14. The van der Waals surface area contributed by atoms with Crippen molar-refractivity contribution in [2.45, 2.75) is 78.6 Å². The molecule has 0 aliphatic heterocycles. The van der Waals surface area contributed by atoms with E-state index in [0.29, 0.717) is 11.7 Å². The van der Waals surface area contributed by atoms with E-state index in [9.17, 15) is 5.11 Å². The SMILES string of the molecule is CCCC[PH](CCCC)(CCCC)CCC(C)c1ccccc1O. The Morgan fingerprint density at radius 3 is 1.79 bits per heavy atom. The molecule has 0 radical (unpaired) electrons. The van der Waals surface area contributed by atoms with Gasteiger partial charge in [-0.2, -0.15) is 0 Å². The van der Waals surface area contributed by atoms with Gasteiger partial charge in [0.25, 0.3) is 0 Å². The molecule has 0 saturated heterocycles. The minimum atomic E-state index is -1.15. The van der Waals surface area contributed by atoms with Crippen molar-refractivity contribution in [3.63, 3.8) is 0 Å². The van der Waals surface area contributed by atoms with Gasteiger partial charge in [-0.1, -0.05) is 0 Å². The summed E-state index contributed by atoms with van der Waals surface area (Å²) in [6.45, 7) is 9.31. The quantitative estimate of drug-likeness (QED) is 0.378. The number of unbranched alkanes of at least 4 members (excludes halogenated alkanes) is 3. The molecule has 0 heterocycles. The van der Waals surface area contributed by atoms with Gasteiger partial charge in [0.15, 0.2) is 0 Å². The minimum absolute atomic E-state index is 0.475. The zero-order valence-corrected chi connectivity index (χ0v) is 17.6. The molecule has 1 N–H and O–H groups in total. The number of hydrogen-bond donors (Lipinski definition) is 1. The van der Waals surface area contributed by atoms with Crippen molar-refractivity contribution < 1.29 is 5.11 Å². The molecule has 0 aliphatic rings. The molecule has 0 spiro atoms. The van der Waals surface area contributed by atoms with Crippen molar-refractivity contribution in [1.29, 1.82) is 0 Å². The van der Waals surface area contributed by atoms with Crippen molar-refractivity contribution in [1.82, 2.24) is 0 Å². The molecule has 0 amide bonds. The fourth-order valence-electron chi connectivity index (χ4n) is 3.99. The van der Waals surface area contributed by atoms with E-state index in [1.807, 2.05) is 12.1 Å². The van der Waals surface area contributed by atoms with Crippen LogP contribution in [0.5, 0.6) is 5.75 Å².